The smallest absolute Gasteiger partial charge is 0.405 e. The molecule has 0 aliphatic carbocycles. The summed E-state index contributed by atoms with van der Waals surface area (Å²) in [5.74, 6) is -0.112. The molecule has 0 aliphatic rings. The first kappa shape index (κ1) is 42.0. The fourth-order valence-corrected chi connectivity index (χ4v) is 3.19. The van der Waals surface area contributed by atoms with Crippen molar-refractivity contribution in [3.63, 3.8) is 0 Å². The van der Waals surface area contributed by atoms with Crippen LogP contribution in [0.1, 0.15) is 73.8 Å². The molecule has 246 valence electrons. The molecule has 10 nitrogen and oxygen atoms in total. The van der Waals surface area contributed by atoms with Crippen LogP contribution < -0.4 is 10.5 Å². The van der Waals surface area contributed by atoms with Gasteiger partial charge in [0.25, 0.3) is 0 Å². The minimum atomic E-state index is -0.865. The number of benzene rings is 1. The molecule has 0 saturated carbocycles. The van der Waals surface area contributed by atoms with Gasteiger partial charge in [0.1, 0.15) is 23.6 Å². The molecule has 2 unspecified atom stereocenters. The first-order valence-corrected chi connectivity index (χ1v) is 14.5. The van der Waals surface area contributed by atoms with E-state index in [2.05, 4.69) is 11.3 Å². The fraction of sp³-hybridized carbons (Fsp3) is 0.576. The number of rotatable bonds is 17. The van der Waals surface area contributed by atoms with Crippen LogP contribution in [0.15, 0.2) is 60.2 Å². The lowest BCUT2D eigenvalue weighted by atomic mass is 10.1. The predicted octanol–water partition coefficient (Wildman–Crippen LogP) is 6.21. The Morgan fingerprint density at radius 1 is 1.07 bits per heavy atom. The normalized spacial score (nSPS) is 13.1. The molecule has 0 bridgehead atoms. The number of methoxy groups -OCH3 is 1. The molecular formula is C33H55NO9. The Morgan fingerprint density at radius 3 is 2.09 bits per heavy atom. The average Bonchev–Trinajstić information content (AvgIpc) is 2.92. The molecule has 0 aliphatic heterocycles. The number of aliphatic hydroxyl groups is 1. The monoisotopic (exact) mass is 609 g/mol. The van der Waals surface area contributed by atoms with Crippen LogP contribution >= 0.6 is 0 Å². The van der Waals surface area contributed by atoms with Gasteiger partial charge in [-0.25, -0.2) is 4.79 Å². The van der Waals surface area contributed by atoms with Crippen molar-refractivity contribution in [3.05, 3.63) is 65.8 Å². The van der Waals surface area contributed by atoms with E-state index < -0.39 is 36.0 Å². The number of carbonyl (C=O) groups is 2. The molecule has 0 radical (unpaired) electrons. The second-order valence-corrected chi connectivity index (χ2v) is 10.5. The number of carbonyl (C=O) groups excluding carboxylic acids is 1. The number of hydrogen-bond donors (Lipinski definition) is 3. The highest BCUT2D eigenvalue weighted by Gasteiger charge is 2.28. The van der Waals surface area contributed by atoms with Crippen LogP contribution in [0, 0.1) is 0 Å². The maximum atomic E-state index is 10.7. The van der Waals surface area contributed by atoms with Gasteiger partial charge in [0.05, 0.1) is 33.0 Å². The van der Waals surface area contributed by atoms with Gasteiger partial charge in [-0.05, 0) is 71.2 Å². The number of carboxylic acids is 1. The van der Waals surface area contributed by atoms with Gasteiger partial charge in [-0.15, -0.1) is 0 Å². The lowest BCUT2D eigenvalue weighted by Gasteiger charge is -2.30. The van der Waals surface area contributed by atoms with Crippen LogP contribution in [-0.4, -0.2) is 73.1 Å². The van der Waals surface area contributed by atoms with Crippen LogP contribution in [0.2, 0.25) is 0 Å². The molecule has 0 saturated heterocycles. The predicted molar refractivity (Wildman–Crippen MR) is 170 cm³/mol. The summed E-state index contributed by atoms with van der Waals surface area (Å²) in [6.07, 6.45) is 3.29. The summed E-state index contributed by atoms with van der Waals surface area (Å²) in [7, 11) is 1.61. The molecule has 0 aromatic heterocycles. The Labute approximate surface area is 258 Å². The van der Waals surface area contributed by atoms with Gasteiger partial charge < -0.3 is 39.6 Å². The molecule has 0 fully saturated rings. The molecule has 1 amide bonds. The highest BCUT2D eigenvalue weighted by Crippen LogP contribution is 2.17. The summed E-state index contributed by atoms with van der Waals surface area (Å²) < 4.78 is 27.6. The van der Waals surface area contributed by atoms with Crippen molar-refractivity contribution in [2.24, 2.45) is 5.73 Å². The van der Waals surface area contributed by atoms with Crippen molar-refractivity contribution in [2.75, 3.05) is 26.9 Å². The molecule has 1 aromatic carbocycles. The van der Waals surface area contributed by atoms with Crippen LogP contribution in [0.4, 0.5) is 4.79 Å². The quantitative estimate of drug-likeness (QED) is 0.138. The van der Waals surface area contributed by atoms with Crippen LogP contribution in [0.5, 0.6) is 5.75 Å². The Balaban J connectivity index is 0. The van der Waals surface area contributed by atoms with E-state index in [4.69, 9.17) is 29.8 Å². The first-order chi connectivity index (χ1) is 20.2. The largest absolute Gasteiger partial charge is 0.497 e. The van der Waals surface area contributed by atoms with Crippen molar-refractivity contribution in [2.45, 2.75) is 98.8 Å². The van der Waals surface area contributed by atoms with E-state index in [1.807, 2.05) is 64.1 Å². The summed E-state index contributed by atoms with van der Waals surface area (Å²) in [6, 6.07) is 7.51. The third kappa shape index (κ3) is 24.0. The Bertz CT molecular complexity index is 960. The van der Waals surface area contributed by atoms with E-state index >= 15 is 0 Å². The van der Waals surface area contributed by atoms with E-state index in [-0.39, 0.29) is 26.2 Å². The van der Waals surface area contributed by atoms with Gasteiger partial charge in [0.15, 0.2) is 0 Å². The number of ether oxygens (including phenoxy) is 5. The van der Waals surface area contributed by atoms with E-state index in [0.29, 0.717) is 13.0 Å². The zero-order chi connectivity index (χ0) is 33.4. The topological polar surface area (TPSA) is 147 Å². The number of aliphatic hydroxyl groups excluding tert-OH is 1. The van der Waals surface area contributed by atoms with Gasteiger partial charge >= 0.3 is 12.1 Å². The number of allylic oxidation sites excluding steroid dienone is 3. The Morgan fingerprint density at radius 2 is 1.67 bits per heavy atom. The summed E-state index contributed by atoms with van der Waals surface area (Å²) in [5, 5.41) is 19.2. The summed E-state index contributed by atoms with van der Waals surface area (Å²) in [6.45, 7) is 19.7. The Hall–Kier alpha value is -3.18. The number of nitrogens with two attached hydrogens (primary N) is 1. The zero-order valence-electron chi connectivity index (χ0n) is 27.6. The van der Waals surface area contributed by atoms with Crippen molar-refractivity contribution in [1.82, 2.24) is 0 Å². The second-order valence-electron chi connectivity index (χ2n) is 10.5. The molecule has 4 N–H and O–H groups in total. The van der Waals surface area contributed by atoms with E-state index in [1.54, 1.807) is 40.9 Å². The molecule has 3 atom stereocenters. The van der Waals surface area contributed by atoms with E-state index in [9.17, 15) is 14.7 Å². The lowest BCUT2D eigenvalue weighted by molar-refractivity contribution is -0.141. The molecule has 43 heavy (non-hydrogen) atoms. The summed E-state index contributed by atoms with van der Waals surface area (Å²) in [4.78, 5) is 20.7. The van der Waals surface area contributed by atoms with Crippen LogP contribution in [-0.2, 0) is 30.3 Å². The van der Waals surface area contributed by atoms with Gasteiger partial charge in [0, 0.05) is 13.0 Å². The van der Waals surface area contributed by atoms with Crippen molar-refractivity contribution >= 4 is 12.1 Å². The average molecular weight is 610 g/mol. The maximum Gasteiger partial charge on any atom is 0.405 e. The van der Waals surface area contributed by atoms with E-state index in [1.165, 1.54) is 0 Å². The van der Waals surface area contributed by atoms with Crippen molar-refractivity contribution < 1.29 is 43.5 Å². The van der Waals surface area contributed by atoms with Gasteiger partial charge in [-0.1, -0.05) is 56.4 Å². The SMILES string of the molecule is C=C/C(=C\C=C(C)C)CO[C@@H](C(C)O)C(COCCCC(=O)O)OCc1ccc(OC)cc1.CC.CC(C)(C)OC(N)=O. The van der Waals surface area contributed by atoms with E-state index in [0.717, 1.165) is 22.5 Å². The second kappa shape index (κ2) is 24.3. The van der Waals surface area contributed by atoms with Crippen LogP contribution in [0.3, 0.4) is 0 Å². The minimum Gasteiger partial charge on any atom is -0.497 e. The zero-order valence-corrected chi connectivity index (χ0v) is 27.6. The number of amides is 1. The molecule has 1 rings (SSSR count). The number of aliphatic carboxylic acids is 1. The minimum absolute atomic E-state index is 0.0333. The molecular weight excluding hydrogens is 554 g/mol. The van der Waals surface area contributed by atoms with Gasteiger partial charge in [-0.3, -0.25) is 4.79 Å². The third-order valence-electron chi connectivity index (χ3n) is 5.17. The number of primary amides is 1. The maximum absolute atomic E-state index is 10.7. The van der Waals surface area contributed by atoms with Crippen molar-refractivity contribution in [3.8, 4) is 5.75 Å². The standard InChI is InChI=1S/C26H38O7.C5H11NO2.C2H6/c1-6-21(10-9-19(2)3)16-33-26(20(4)27)24(18-31-15-7-8-25(28)29)32-17-22-11-13-23(30-5)14-12-22;1-5(2,3)8-4(6)7;1-2/h6,9-14,20,24,26-27H,1,7-8,15-18H2,2-5H3,(H,28,29);1-3H3,(H2,6,7);1-2H3/b21-10+;;/t20?,24?,26-;;/m0../s1. The number of hydrogen-bond acceptors (Lipinski definition) is 8. The molecule has 0 heterocycles. The highest BCUT2D eigenvalue weighted by atomic mass is 16.6. The van der Waals surface area contributed by atoms with Gasteiger partial charge in [0.2, 0.25) is 0 Å². The lowest BCUT2D eigenvalue weighted by Crippen LogP contribution is -2.43. The Kier molecular flexibility index (Phi) is 23.7. The third-order valence-corrected chi connectivity index (χ3v) is 5.17. The molecule has 1 aromatic rings. The van der Waals surface area contributed by atoms with Gasteiger partial charge in [-0.2, -0.15) is 0 Å². The van der Waals surface area contributed by atoms with Crippen LogP contribution in [0.25, 0.3) is 0 Å². The van der Waals surface area contributed by atoms with Crippen molar-refractivity contribution in [1.29, 1.82) is 0 Å². The summed E-state index contributed by atoms with van der Waals surface area (Å²) in [5.41, 5.74) is 7.22. The molecule has 10 heteroatoms. The highest BCUT2D eigenvalue weighted by molar-refractivity contribution is 5.66. The fourth-order valence-electron chi connectivity index (χ4n) is 3.19. The first-order valence-electron chi connectivity index (χ1n) is 14.5. The number of carboxylic acid groups (broad SMARTS) is 1. The molecule has 0 spiro atoms. The summed E-state index contributed by atoms with van der Waals surface area (Å²) >= 11 is 0.